The van der Waals surface area contributed by atoms with Gasteiger partial charge in [0.05, 0.1) is 32.1 Å². The van der Waals surface area contributed by atoms with Crippen molar-refractivity contribution in [3.63, 3.8) is 0 Å². The third-order valence-electron chi connectivity index (χ3n) is 4.74. The molecule has 0 atom stereocenters. The van der Waals surface area contributed by atoms with E-state index >= 15 is 0 Å². The Morgan fingerprint density at radius 2 is 1.87 bits per heavy atom. The highest BCUT2D eigenvalue weighted by Crippen LogP contribution is 2.31. The molecule has 0 unspecified atom stereocenters. The van der Waals surface area contributed by atoms with Crippen LogP contribution >= 0.6 is 11.3 Å². The molecule has 0 bridgehead atoms. The Morgan fingerprint density at radius 3 is 2.53 bits per heavy atom. The molecular formula is C21H19N3O4S2. The van der Waals surface area contributed by atoms with Gasteiger partial charge < -0.3 is 9.84 Å². The molecule has 0 aliphatic carbocycles. The van der Waals surface area contributed by atoms with E-state index < -0.39 is 15.7 Å². The number of hydrogen-bond acceptors (Lipinski definition) is 7. The lowest BCUT2D eigenvalue weighted by atomic mass is 10.1. The van der Waals surface area contributed by atoms with Gasteiger partial charge in [-0.25, -0.2) is 13.4 Å². The molecule has 1 N–H and O–H groups in total. The number of hydrogen-bond donors (Lipinski definition) is 1. The van der Waals surface area contributed by atoms with Crippen LogP contribution in [0.3, 0.4) is 0 Å². The first-order chi connectivity index (χ1) is 14.1. The number of aryl methyl sites for hydroxylation is 3. The minimum atomic E-state index is -3.40. The van der Waals surface area contributed by atoms with Crippen LogP contribution in [0.5, 0.6) is 0 Å². The van der Waals surface area contributed by atoms with Crippen molar-refractivity contribution in [3.8, 4) is 10.6 Å². The van der Waals surface area contributed by atoms with Crippen molar-refractivity contribution in [1.82, 2.24) is 10.1 Å². The number of nitrogens with one attached hydrogen (secondary N) is 1. The van der Waals surface area contributed by atoms with E-state index in [9.17, 15) is 13.2 Å². The highest BCUT2D eigenvalue weighted by Gasteiger charge is 2.21. The second kappa shape index (κ2) is 7.33. The number of anilines is 1. The summed E-state index contributed by atoms with van der Waals surface area (Å²) in [5.41, 5.74) is 2.99. The van der Waals surface area contributed by atoms with Crippen molar-refractivity contribution in [3.05, 3.63) is 58.1 Å². The Balaban J connectivity index is 1.81. The summed E-state index contributed by atoms with van der Waals surface area (Å²) < 4.78 is 29.1. The molecule has 3 aromatic heterocycles. The van der Waals surface area contributed by atoms with Crippen LogP contribution in [-0.4, -0.2) is 30.7 Å². The molecule has 4 aromatic rings. The second-order valence-electron chi connectivity index (χ2n) is 7.12. The van der Waals surface area contributed by atoms with Crippen LogP contribution in [0.25, 0.3) is 21.7 Å². The lowest BCUT2D eigenvalue weighted by molar-refractivity contribution is 0.102. The fourth-order valence-electron chi connectivity index (χ4n) is 3.13. The number of aromatic nitrogens is 2. The number of sulfone groups is 1. The van der Waals surface area contributed by atoms with Crippen LogP contribution in [0.15, 0.2) is 45.8 Å². The maximum atomic E-state index is 13.2. The van der Waals surface area contributed by atoms with Crippen molar-refractivity contribution in [2.75, 3.05) is 11.6 Å². The average molecular weight is 442 g/mol. The Kier molecular flexibility index (Phi) is 4.95. The molecule has 0 aliphatic rings. The summed E-state index contributed by atoms with van der Waals surface area (Å²) in [7, 11) is -3.40. The molecule has 154 valence electrons. The van der Waals surface area contributed by atoms with E-state index in [1.165, 1.54) is 12.1 Å². The van der Waals surface area contributed by atoms with E-state index in [2.05, 4.69) is 15.5 Å². The highest BCUT2D eigenvalue weighted by atomic mass is 32.2. The van der Waals surface area contributed by atoms with Gasteiger partial charge >= 0.3 is 0 Å². The molecule has 7 nitrogen and oxygen atoms in total. The minimum Gasteiger partial charge on any atom is -0.335 e. The number of benzene rings is 1. The number of thiophene rings is 1. The third kappa shape index (κ3) is 3.73. The van der Waals surface area contributed by atoms with Crippen molar-refractivity contribution in [2.45, 2.75) is 25.7 Å². The van der Waals surface area contributed by atoms with Gasteiger partial charge in [0.25, 0.3) is 11.6 Å². The Labute approximate surface area is 177 Å². The molecule has 3 heterocycles. The number of amides is 1. The van der Waals surface area contributed by atoms with Gasteiger partial charge in [0.15, 0.2) is 9.84 Å². The normalized spacial score (nSPS) is 11.7. The fourth-order valence-corrected chi connectivity index (χ4v) is 4.60. The Hall–Kier alpha value is -3.04. The van der Waals surface area contributed by atoms with Gasteiger partial charge in [-0.05, 0) is 56.7 Å². The maximum Gasteiger partial charge on any atom is 0.259 e. The summed E-state index contributed by atoms with van der Waals surface area (Å²) in [5.74, 6) is -0.392. The van der Waals surface area contributed by atoms with Crippen LogP contribution < -0.4 is 5.32 Å². The van der Waals surface area contributed by atoms with Crippen LogP contribution in [-0.2, 0) is 9.84 Å². The van der Waals surface area contributed by atoms with Crippen molar-refractivity contribution >= 4 is 43.9 Å². The standard InChI is InChI=1S/C21H19N3O4S2/c1-11-5-7-14(30(4,26)27)9-16(11)22-20(25)15-10-17(18-8-6-12(2)29-18)23-21-19(15)13(3)24-28-21/h5-10H,1-4H3,(H,22,25). The zero-order valence-corrected chi connectivity index (χ0v) is 18.4. The van der Waals surface area contributed by atoms with Crippen molar-refractivity contribution < 1.29 is 17.7 Å². The zero-order chi connectivity index (χ0) is 21.6. The number of carbonyl (C=O) groups is 1. The summed E-state index contributed by atoms with van der Waals surface area (Å²) in [6.07, 6.45) is 1.13. The van der Waals surface area contributed by atoms with Crippen LogP contribution in [0.1, 0.15) is 26.5 Å². The summed E-state index contributed by atoms with van der Waals surface area (Å²) in [5, 5.41) is 7.32. The lowest BCUT2D eigenvalue weighted by Crippen LogP contribution is -2.14. The van der Waals surface area contributed by atoms with Gasteiger partial charge in [-0.3, -0.25) is 4.79 Å². The molecule has 9 heteroatoms. The van der Waals surface area contributed by atoms with Gasteiger partial charge in [0.2, 0.25) is 0 Å². The molecule has 0 spiro atoms. The minimum absolute atomic E-state index is 0.138. The van der Waals surface area contributed by atoms with Gasteiger partial charge in [-0.2, -0.15) is 0 Å². The number of pyridine rings is 1. The summed E-state index contributed by atoms with van der Waals surface area (Å²) in [4.78, 5) is 19.9. The zero-order valence-electron chi connectivity index (χ0n) is 16.8. The molecule has 30 heavy (non-hydrogen) atoms. The van der Waals surface area contributed by atoms with Gasteiger partial charge in [-0.15, -0.1) is 11.3 Å². The van der Waals surface area contributed by atoms with Crippen molar-refractivity contribution in [2.24, 2.45) is 0 Å². The van der Waals surface area contributed by atoms with E-state index in [1.54, 1.807) is 37.3 Å². The van der Waals surface area contributed by atoms with E-state index in [0.717, 1.165) is 21.6 Å². The molecule has 4 rings (SSSR count). The Bertz CT molecular complexity index is 1400. The smallest absolute Gasteiger partial charge is 0.259 e. The molecule has 0 radical (unpaired) electrons. The van der Waals surface area contributed by atoms with Crippen LogP contribution in [0, 0.1) is 20.8 Å². The summed E-state index contributed by atoms with van der Waals surface area (Å²) in [6, 6.07) is 10.3. The second-order valence-corrected chi connectivity index (χ2v) is 10.4. The first kappa shape index (κ1) is 20.2. The fraction of sp³-hybridized carbons (Fsp3) is 0.190. The third-order valence-corrected chi connectivity index (χ3v) is 6.87. The predicted octanol–water partition coefficient (Wildman–Crippen LogP) is 4.53. The first-order valence-corrected chi connectivity index (χ1v) is 11.8. The van der Waals surface area contributed by atoms with Crippen molar-refractivity contribution in [1.29, 1.82) is 0 Å². The van der Waals surface area contributed by atoms with E-state index in [-0.39, 0.29) is 10.6 Å². The largest absolute Gasteiger partial charge is 0.335 e. The van der Waals surface area contributed by atoms with Gasteiger partial charge in [0.1, 0.15) is 0 Å². The molecule has 0 saturated carbocycles. The molecule has 0 fully saturated rings. The number of carbonyl (C=O) groups excluding carboxylic acids is 1. The lowest BCUT2D eigenvalue weighted by Gasteiger charge is -2.11. The SMILES string of the molecule is Cc1ccc(-c2cc(C(=O)Nc3cc(S(C)(=O)=O)ccc3C)c3c(C)noc3n2)s1. The van der Waals surface area contributed by atoms with Gasteiger partial charge in [0, 0.05) is 16.8 Å². The molecule has 0 saturated heterocycles. The average Bonchev–Trinajstić information content (AvgIpc) is 3.28. The topological polar surface area (TPSA) is 102 Å². The van der Waals surface area contributed by atoms with E-state index in [0.29, 0.717) is 28.0 Å². The van der Waals surface area contributed by atoms with Gasteiger partial charge in [-0.1, -0.05) is 11.2 Å². The van der Waals surface area contributed by atoms with E-state index in [1.807, 2.05) is 19.1 Å². The number of fused-ring (bicyclic) bond motifs is 1. The quantitative estimate of drug-likeness (QED) is 0.499. The Morgan fingerprint density at radius 1 is 1.10 bits per heavy atom. The molecule has 0 aliphatic heterocycles. The summed E-state index contributed by atoms with van der Waals surface area (Å²) in [6.45, 7) is 5.54. The number of nitrogens with zero attached hydrogens (tertiary/aromatic N) is 2. The van der Waals surface area contributed by atoms with Crippen LogP contribution in [0.4, 0.5) is 5.69 Å². The number of rotatable bonds is 4. The monoisotopic (exact) mass is 441 g/mol. The highest BCUT2D eigenvalue weighted by molar-refractivity contribution is 7.90. The molecular weight excluding hydrogens is 422 g/mol. The molecule has 1 amide bonds. The molecule has 1 aromatic carbocycles. The predicted molar refractivity (Wildman–Crippen MR) is 117 cm³/mol. The van der Waals surface area contributed by atoms with Crippen LogP contribution in [0.2, 0.25) is 0 Å². The van der Waals surface area contributed by atoms with E-state index in [4.69, 9.17) is 4.52 Å². The first-order valence-electron chi connectivity index (χ1n) is 9.09. The summed E-state index contributed by atoms with van der Waals surface area (Å²) >= 11 is 1.56. The maximum absolute atomic E-state index is 13.2.